The predicted octanol–water partition coefficient (Wildman–Crippen LogP) is 2.42. The number of rotatable bonds is 6. The summed E-state index contributed by atoms with van der Waals surface area (Å²) >= 11 is 6.14. The smallest absolute Gasteiger partial charge is 0.239 e. The van der Waals surface area contributed by atoms with Gasteiger partial charge >= 0.3 is 0 Å². The van der Waals surface area contributed by atoms with Crippen LogP contribution in [-0.2, 0) is 11.3 Å². The van der Waals surface area contributed by atoms with Crippen molar-refractivity contribution in [2.75, 3.05) is 19.9 Å². The average Bonchev–Trinajstić information content (AvgIpc) is 2.94. The number of benzene rings is 1. The van der Waals surface area contributed by atoms with Crippen molar-refractivity contribution in [3.63, 3.8) is 0 Å². The number of carbonyl (C=O) groups is 1. The molecule has 0 fully saturated rings. The number of hydrogen-bond acceptors (Lipinski definition) is 4. The van der Waals surface area contributed by atoms with Crippen LogP contribution in [0.25, 0.3) is 0 Å². The summed E-state index contributed by atoms with van der Waals surface area (Å²) in [5.74, 6) is 1.35. The van der Waals surface area contributed by atoms with Crippen LogP contribution in [0, 0.1) is 0 Å². The topological polar surface area (TPSA) is 50.8 Å². The summed E-state index contributed by atoms with van der Waals surface area (Å²) in [5, 5.41) is 3.75. The Hall–Kier alpha value is -1.46. The SMILES string of the molecule is CCN(CC)C(=O)C(C)NCc1cc(Cl)c2c(c1)OCO2. The fourth-order valence-electron chi connectivity index (χ4n) is 2.29. The van der Waals surface area contributed by atoms with Gasteiger partial charge in [-0.05, 0) is 38.5 Å². The van der Waals surface area contributed by atoms with Gasteiger partial charge in [-0.15, -0.1) is 0 Å². The highest BCUT2D eigenvalue weighted by molar-refractivity contribution is 6.32. The minimum absolute atomic E-state index is 0.104. The van der Waals surface area contributed by atoms with Gasteiger partial charge in [-0.2, -0.15) is 0 Å². The van der Waals surface area contributed by atoms with Gasteiger partial charge in [0.1, 0.15) is 0 Å². The number of hydrogen-bond donors (Lipinski definition) is 1. The molecule has 0 spiro atoms. The third-order valence-corrected chi connectivity index (χ3v) is 3.83. The Morgan fingerprint density at radius 1 is 1.38 bits per heavy atom. The summed E-state index contributed by atoms with van der Waals surface area (Å²) in [6, 6.07) is 3.47. The van der Waals surface area contributed by atoms with Gasteiger partial charge in [-0.3, -0.25) is 4.79 Å². The second-order valence-electron chi connectivity index (χ2n) is 4.92. The van der Waals surface area contributed by atoms with Crippen molar-refractivity contribution in [1.82, 2.24) is 10.2 Å². The molecule has 1 aliphatic rings. The van der Waals surface area contributed by atoms with Gasteiger partial charge in [0.2, 0.25) is 12.7 Å². The minimum Gasteiger partial charge on any atom is -0.454 e. The first-order chi connectivity index (χ1) is 10.1. The summed E-state index contributed by atoms with van der Waals surface area (Å²) in [7, 11) is 0. The lowest BCUT2D eigenvalue weighted by atomic mass is 10.2. The molecule has 0 aliphatic carbocycles. The van der Waals surface area contributed by atoms with Crippen molar-refractivity contribution < 1.29 is 14.3 Å². The van der Waals surface area contributed by atoms with Crippen LogP contribution in [0.2, 0.25) is 5.02 Å². The van der Waals surface area contributed by atoms with Crippen LogP contribution < -0.4 is 14.8 Å². The number of carbonyl (C=O) groups excluding carboxylic acids is 1. The summed E-state index contributed by atoms with van der Waals surface area (Å²) in [5.41, 5.74) is 0.962. The largest absolute Gasteiger partial charge is 0.454 e. The second kappa shape index (κ2) is 7.00. The molecule has 0 saturated carbocycles. The first-order valence-electron chi connectivity index (χ1n) is 7.17. The van der Waals surface area contributed by atoms with E-state index in [1.165, 1.54) is 0 Å². The number of nitrogens with zero attached hydrogens (tertiary/aromatic N) is 1. The molecule has 5 nitrogen and oxygen atoms in total. The summed E-state index contributed by atoms with van der Waals surface area (Å²) < 4.78 is 10.6. The highest BCUT2D eigenvalue weighted by atomic mass is 35.5. The number of likely N-dealkylation sites (N-methyl/N-ethyl adjacent to an activating group) is 1. The molecule has 1 aromatic rings. The van der Waals surface area contributed by atoms with Crippen molar-refractivity contribution in [1.29, 1.82) is 0 Å². The van der Waals surface area contributed by atoms with Gasteiger partial charge in [0.25, 0.3) is 0 Å². The monoisotopic (exact) mass is 312 g/mol. The standard InChI is InChI=1S/C15H21ClN2O3/c1-4-18(5-2)15(19)10(3)17-8-11-6-12(16)14-13(7-11)20-9-21-14/h6-7,10,17H,4-5,8-9H2,1-3H3. The fraction of sp³-hybridized carbons (Fsp3) is 0.533. The lowest BCUT2D eigenvalue weighted by Crippen LogP contribution is -2.44. The number of halogens is 1. The molecule has 1 aliphatic heterocycles. The van der Waals surface area contributed by atoms with Gasteiger partial charge in [0.05, 0.1) is 11.1 Å². The first kappa shape index (κ1) is 15.9. The highest BCUT2D eigenvalue weighted by Crippen LogP contribution is 2.39. The van der Waals surface area contributed by atoms with Gasteiger partial charge < -0.3 is 19.7 Å². The third kappa shape index (κ3) is 3.60. The fourth-order valence-corrected chi connectivity index (χ4v) is 2.58. The molecule has 0 aromatic heterocycles. The lowest BCUT2D eigenvalue weighted by Gasteiger charge is -2.23. The molecule has 6 heteroatoms. The number of fused-ring (bicyclic) bond motifs is 1. The van der Waals surface area contributed by atoms with Crippen molar-refractivity contribution in [3.8, 4) is 11.5 Å². The van der Waals surface area contributed by atoms with E-state index in [4.69, 9.17) is 21.1 Å². The van der Waals surface area contributed by atoms with E-state index in [1.807, 2.05) is 37.8 Å². The van der Waals surface area contributed by atoms with E-state index in [0.717, 1.165) is 18.7 Å². The normalized spacial score (nSPS) is 14.1. The molecule has 21 heavy (non-hydrogen) atoms. The molecule has 1 atom stereocenters. The van der Waals surface area contributed by atoms with Crippen molar-refractivity contribution >= 4 is 17.5 Å². The predicted molar refractivity (Wildman–Crippen MR) is 81.8 cm³/mol. The minimum atomic E-state index is -0.242. The van der Waals surface area contributed by atoms with E-state index in [9.17, 15) is 4.79 Å². The van der Waals surface area contributed by atoms with E-state index < -0.39 is 0 Å². The van der Waals surface area contributed by atoms with Gasteiger partial charge in [-0.25, -0.2) is 0 Å². The van der Waals surface area contributed by atoms with Crippen molar-refractivity contribution in [3.05, 3.63) is 22.7 Å². The molecule has 0 radical (unpaired) electrons. The van der Waals surface area contributed by atoms with Gasteiger partial charge in [0, 0.05) is 19.6 Å². The Morgan fingerprint density at radius 3 is 2.76 bits per heavy atom. The Bertz CT molecular complexity index is 518. The highest BCUT2D eigenvalue weighted by Gasteiger charge is 2.20. The molecule has 2 rings (SSSR count). The van der Waals surface area contributed by atoms with Gasteiger partial charge in [0.15, 0.2) is 11.5 Å². The maximum Gasteiger partial charge on any atom is 0.239 e. The molecule has 0 saturated heterocycles. The maximum atomic E-state index is 12.2. The maximum absolute atomic E-state index is 12.2. The Balaban J connectivity index is 1.97. The number of ether oxygens (including phenoxy) is 2. The van der Waals surface area contributed by atoms with E-state index in [0.29, 0.717) is 23.1 Å². The van der Waals surface area contributed by atoms with Crippen LogP contribution in [0.15, 0.2) is 12.1 Å². The number of amides is 1. The molecule has 0 bridgehead atoms. The molecular weight excluding hydrogens is 292 g/mol. The van der Waals surface area contributed by atoms with E-state index in [2.05, 4.69) is 5.32 Å². The Kier molecular flexibility index (Phi) is 5.31. The quantitative estimate of drug-likeness (QED) is 0.876. The van der Waals surface area contributed by atoms with Crippen LogP contribution in [0.3, 0.4) is 0 Å². The first-order valence-corrected chi connectivity index (χ1v) is 7.54. The Labute approximate surface area is 130 Å². The summed E-state index contributed by atoms with van der Waals surface area (Å²) in [6.07, 6.45) is 0. The molecular formula is C15H21ClN2O3. The average molecular weight is 313 g/mol. The summed E-state index contributed by atoms with van der Waals surface area (Å²) in [4.78, 5) is 14.0. The lowest BCUT2D eigenvalue weighted by molar-refractivity contribution is -0.132. The van der Waals surface area contributed by atoms with Crippen molar-refractivity contribution in [2.24, 2.45) is 0 Å². The summed E-state index contributed by atoms with van der Waals surface area (Å²) in [6.45, 7) is 8.01. The third-order valence-electron chi connectivity index (χ3n) is 3.54. The van der Waals surface area contributed by atoms with Crippen LogP contribution in [-0.4, -0.2) is 36.7 Å². The van der Waals surface area contributed by atoms with Crippen LogP contribution in [0.5, 0.6) is 11.5 Å². The van der Waals surface area contributed by atoms with E-state index >= 15 is 0 Å². The van der Waals surface area contributed by atoms with Crippen LogP contribution >= 0.6 is 11.6 Å². The molecule has 1 unspecified atom stereocenters. The van der Waals surface area contributed by atoms with Crippen molar-refractivity contribution in [2.45, 2.75) is 33.4 Å². The van der Waals surface area contributed by atoms with Crippen LogP contribution in [0.1, 0.15) is 26.3 Å². The molecule has 1 N–H and O–H groups in total. The van der Waals surface area contributed by atoms with Gasteiger partial charge in [-0.1, -0.05) is 11.6 Å². The zero-order valence-corrected chi connectivity index (χ0v) is 13.4. The molecule has 116 valence electrons. The molecule has 1 aromatic carbocycles. The number of nitrogens with one attached hydrogen (secondary N) is 1. The zero-order chi connectivity index (χ0) is 15.4. The van der Waals surface area contributed by atoms with Crippen LogP contribution in [0.4, 0.5) is 0 Å². The molecule has 1 amide bonds. The Morgan fingerprint density at radius 2 is 2.10 bits per heavy atom. The zero-order valence-electron chi connectivity index (χ0n) is 12.6. The molecule has 1 heterocycles. The second-order valence-corrected chi connectivity index (χ2v) is 5.33. The van der Waals surface area contributed by atoms with E-state index in [-0.39, 0.29) is 18.7 Å². The van der Waals surface area contributed by atoms with E-state index in [1.54, 1.807) is 0 Å².